The topological polar surface area (TPSA) is 73.9 Å². The quantitative estimate of drug-likeness (QED) is 0.147. The van der Waals surface area contributed by atoms with Crippen molar-refractivity contribution in [3.63, 3.8) is 0 Å². The summed E-state index contributed by atoms with van der Waals surface area (Å²) in [6.07, 6.45) is 2.94. The molecule has 1 aromatic heterocycles. The summed E-state index contributed by atoms with van der Waals surface area (Å²) >= 11 is 13.6. The summed E-state index contributed by atoms with van der Waals surface area (Å²) in [5.74, 6) is -0.494. The average molecular weight is 600 g/mol. The number of hydrogen-bond donors (Lipinski definition) is 1. The van der Waals surface area contributed by atoms with Gasteiger partial charge in [0.2, 0.25) is 5.91 Å². The highest BCUT2D eigenvalue weighted by Gasteiger charge is 2.22. The molecule has 0 bridgehead atoms. The van der Waals surface area contributed by atoms with Gasteiger partial charge >= 0.3 is 5.97 Å². The Bertz CT molecular complexity index is 1530. The third kappa shape index (κ3) is 7.01. The molecular weight excluding hydrogens is 576 g/mol. The van der Waals surface area contributed by atoms with Gasteiger partial charge in [-0.15, -0.1) is 11.3 Å². The third-order valence-corrected chi connectivity index (χ3v) is 7.31. The molecule has 6 nitrogen and oxygen atoms in total. The number of halogens is 3. The van der Waals surface area contributed by atoms with E-state index in [1.807, 2.05) is 0 Å². The molecule has 206 valence electrons. The Morgan fingerprint density at radius 1 is 1.02 bits per heavy atom. The van der Waals surface area contributed by atoms with Crippen LogP contribution < -0.4 is 14.8 Å². The smallest absolute Gasteiger partial charge is 0.341 e. The van der Waals surface area contributed by atoms with Crippen molar-refractivity contribution in [2.75, 3.05) is 19.0 Å². The van der Waals surface area contributed by atoms with E-state index in [0.717, 1.165) is 0 Å². The van der Waals surface area contributed by atoms with Gasteiger partial charge in [-0.25, -0.2) is 9.18 Å². The fourth-order valence-electron chi connectivity index (χ4n) is 3.75. The number of amides is 1. The zero-order valence-corrected chi connectivity index (χ0v) is 23.8. The molecule has 0 aliphatic rings. The number of benzene rings is 3. The van der Waals surface area contributed by atoms with Gasteiger partial charge in [-0.3, -0.25) is 4.79 Å². The van der Waals surface area contributed by atoms with Gasteiger partial charge < -0.3 is 19.5 Å². The van der Waals surface area contributed by atoms with Crippen LogP contribution in [0.2, 0.25) is 10.0 Å². The summed E-state index contributed by atoms with van der Waals surface area (Å²) in [6, 6.07) is 16.2. The molecule has 0 unspecified atom stereocenters. The first-order valence-electron chi connectivity index (χ1n) is 12.1. The molecule has 1 heterocycles. The maximum atomic E-state index is 13.4. The van der Waals surface area contributed by atoms with Crippen molar-refractivity contribution >= 4 is 57.5 Å². The molecule has 0 fully saturated rings. The Labute approximate surface area is 244 Å². The lowest BCUT2D eigenvalue weighted by molar-refractivity contribution is -0.111. The molecule has 0 radical (unpaired) electrons. The minimum atomic E-state index is -0.583. The van der Waals surface area contributed by atoms with Gasteiger partial charge in [0.25, 0.3) is 0 Å². The molecule has 0 saturated carbocycles. The van der Waals surface area contributed by atoms with E-state index >= 15 is 0 Å². The van der Waals surface area contributed by atoms with E-state index in [4.69, 9.17) is 37.4 Å². The summed E-state index contributed by atoms with van der Waals surface area (Å²) in [4.78, 5) is 25.5. The number of methoxy groups -OCH3 is 1. The predicted molar refractivity (Wildman–Crippen MR) is 157 cm³/mol. The number of rotatable bonds is 10. The normalized spacial score (nSPS) is 10.9. The van der Waals surface area contributed by atoms with Gasteiger partial charge in [0, 0.05) is 32.6 Å². The molecular formula is C30H24Cl2FNO5S. The molecule has 0 aliphatic heterocycles. The van der Waals surface area contributed by atoms with Crippen LogP contribution >= 0.6 is 34.5 Å². The van der Waals surface area contributed by atoms with Crippen molar-refractivity contribution in [3.05, 3.63) is 105 Å². The van der Waals surface area contributed by atoms with Gasteiger partial charge in [-0.05, 0) is 60.5 Å². The van der Waals surface area contributed by atoms with E-state index in [1.165, 1.54) is 36.7 Å². The molecule has 0 saturated heterocycles. The van der Waals surface area contributed by atoms with Crippen LogP contribution in [-0.4, -0.2) is 25.6 Å². The largest absolute Gasteiger partial charge is 0.493 e. The van der Waals surface area contributed by atoms with E-state index in [2.05, 4.69) is 5.32 Å². The lowest BCUT2D eigenvalue weighted by atomic mass is 10.0. The number of esters is 1. The molecule has 4 rings (SSSR count). The average Bonchev–Trinajstić information content (AvgIpc) is 3.36. The van der Waals surface area contributed by atoms with Gasteiger partial charge in [-0.1, -0.05) is 47.5 Å². The monoisotopic (exact) mass is 599 g/mol. The highest BCUT2D eigenvalue weighted by atomic mass is 35.5. The minimum Gasteiger partial charge on any atom is -0.493 e. The van der Waals surface area contributed by atoms with Crippen LogP contribution in [0.15, 0.2) is 72.1 Å². The molecule has 0 spiro atoms. The van der Waals surface area contributed by atoms with Crippen LogP contribution in [0, 0.1) is 5.82 Å². The first-order chi connectivity index (χ1) is 19.3. The number of anilines is 1. The summed E-state index contributed by atoms with van der Waals surface area (Å²) in [5, 5.41) is 5.79. The summed E-state index contributed by atoms with van der Waals surface area (Å²) < 4.78 is 30.0. The molecule has 4 aromatic rings. The maximum absolute atomic E-state index is 13.4. The first-order valence-corrected chi connectivity index (χ1v) is 13.7. The van der Waals surface area contributed by atoms with Gasteiger partial charge in [0.15, 0.2) is 11.5 Å². The lowest BCUT2D eigenvalue weighted by Gasteiger charge is -2.13. The number of ether oxygens (including phenoxy) is 3. The Hall–Kier alpha value is -3.85. The Morgan fingerprint density at radius 2 is 1.75 bits per heavy atom. The van der Waals surface area contributed by atoms with Crippen LogP contribution in [0.1, 0.15) is 28.4 Å². The van der Waals surface area contributed by atoms with Gasteiger partial charge in [-0.2, -0.15) is 0 Å². The minimum absolute atomic E-state index is 0.149. The zero-order valence-electron chi connectivity index (χ0n) is 21.5. The Morgan fingerprint density at radius 3 is 2.42 bits per heavy atom. The van der Waals surface area contributed by atoms with Crippen LogP contribution in [0.3, 0.4) is 0 Å². The summed E-state index contributed by atoms with van der Waals surface area (Å²) in [7, 11) is 1.51. The maximum Gasteiger partial charge on any atom is 0.341 e. The number of carbonyl (C=O) groups is 2. The second kappa shape index (κ2) is 13.5. The Kier molecular flexibility index (Phi) is 9.82. The van der Waals surface area contributed by atoms with Crippen molar-refractivity contribution in [1.82, 2.24) is 0 Å². The van der Waals surface area contributed by atoms with Crippen LogP contribution in [0.4, 0.5) is 9.39 Å². The highest BCUT2D eigenvalue weighted by molar-refractivity contribution is 7.15. The van der Waals surface area contributed by atoms with Crippen molar-refractivity contribution < 1.29 is 28.2 Å². The van der Waals surface area contributed by atoms with Crippen LogP contribution in [0.25, 0.3) is 17.2 Å². The predicted octanol–water partition coefficient (Wildman–Crippen LogP) is 8.28. The van der Waals surface area contributed by atoms with E-state index in [-0.39, 0.29) is 18.8 Å². The Balaban J connectivity index is 1.49. The van der Waals surface area contributed by atoms with Crippen LogP contribution in [0.5, 0.6) is 11.5 Å². The number of nitrogens with one attached hydrogen (secondary N) is 1. The number of thiophene rings is 1. The van der Waals surface area contributed by atoms with Crippen molar-refractivity contribution in [1.29, 1.82) is 0 Å². The molecule has 1 N–H and O–H groups in total. The molecule has 10 heteroatoms. The molecule has 0 atom stereocenters. The van der Waals surface area contributed by atoms with Crippen molar-refractivity contribution in [2.24, 2.45) is 0 Å². The number of hydrogen-bond acceptors (Lipinski definition) is 6. The fraction of sp³-hybridized carbons (Fsp3) is 0.133. The van der Waals surface area contributed by atoms with E-state index in [1.54, 1.807) is 66.9 Å². The van der Waals surface area contributed by atoms with Crippen molar-refractivity contribution in [3.8, 4) is 22.6 Å². The van der Waals surface area contributed by atoms with Crippen LogP contribution in [-0.2, 0) is 16.1 Å². The van der Waals surface area contributed by atoms with Gasteiger partial charge in [0.05, 0.1) is 13.7 Å². The highest BCUT2D eigenvalue weighted by Crippen LogP contribution is 2.37. The summed E-state index contributed by atoms with van der Waals surface area (Å²) in [5.41, 5.74) is 2.72. The molecule has 40 heavy (non-hydrogen) atoms. The second-order valence-corrected chi connectivity index (χ2v) is 10.00. The fourth-order valence-corrected chi connectivity index (χ4v) is 5.22. The lowest BCUT2D eigenvalue weighted by Crippen LogP contribution is -2.12. The van der Waals surface area contributed by atoms with Crippen molar-refractivity contribution in [2.45, 2.75) is 13.5 Å². The standard InChI is InChI=1S/C30H24Cl2FNO5S/c1-3-38-30(36)28-22(19-9-11-20(33)12-10-19)17-40-29(28)34-27(35)14-8-18-7-13-25(26(15-18)37-2)39-16-21-23(31)5-4-6-24(21)32/h4-15,17H,3,16H2,1-2H3,(H,34,35)/b14-8+. The first kappa shape index (κ1) is 29.1. The van der Waals surface area contributed by atoms with Gasteiger partial charge in [0.1, 0.15) is 23.0 Å². The van der Waals surface area contributed by atoms with E-state index < -0.39 is 17.7 Å². The third-order valence-electron chi connectivity index (χ3n) is 5.71. The SMILES string of the molecule is CCOC(=O)c1c(-c2ccc(F)cc2)csc1NC(=O)/C=C/c1ccc(OCc2c(Cl)cccc2Cl)c(OC)c1. The number of carbonyl (C=O) groups excluding carboxylic acids is 2. The molecule has 1 amide bonds. The zero-order chi connectivity index (χ0) is 28.6. The molecule has 3 aromatic carbocycles. The summed E-state index contributed by atoms with van der Waals surface area (Å²) in [6.45, 7) is 2.01. The molecule has 0 aliphatic carbocycles. The van der Waals surface area contributed by atoms with E-state index in [9.17, 15) is 14.0 Å². The van der Waals surface area contributed by atoms with E-state index in [0.29, 0.717) is 48.8 Å². The second-order valence-electron chi connectivity index (χ2n) is 8.30.